The van der Waals surface area contributed by atoms with Gasteiger partial charge in [-0.15, -0.1) is 0 Å². The van der Waals surface area contributed by atoms with Crippen LogP contribution in [0.1, 0.15) is 60.9 Å². The minimum absolute atomic E-state index is 0.0984. The molecule has 4 rings (SSSR count). The fourth-order valence-corrected chi connectivity index (χ4v) is 5.32. The Kier molecular flexibility index (Phi) is 6.22. The molecule has 172 valence electrons. The first-order valence-electron chi connectivity index (χ1n) is 11.6. The molecule has 0 amide bonds. The molecule has 5 nitrogen and oxygen atoms in total. The van der Waals surface area contributed by atoms with Crippen molar-refractivity contribution in [1.29, 1.82) is 0 Å². The molecule has 32 heavy (non-hydrogen) atoms. The molecular formula is C27H35NO4. The predicted octanol–water partition coefficient (Wildman–Crippen LogP) is 4.65. The Morgan fingerprint density at radius 3 is 2.56 bits per heavy atom. The van der Waals surface area contributed by atoms with Crippen LogP contribution in [0.25, 0.3) is 0 Å². The number of aliphatic hydroxyl groups excluding tert-OH is 1. The lowest BCUT2D eigenvalue weighted by molar-refractivity contribution is -0.160. The average molecular weight is 438 g/mol. The van der Waals surface area contributed by atoms with Crippen LogP contribution in [-0.4, -0.2) is 35.9 Å². The summed E-state index contributed by atoms with van der Waals surface area (Å²) in [5, 5.41) is 9.99. The molecule has 0 saturated carbocycles. The lowest BCUT2D eigenvalue weighted by Crippen LogP contribution is -2.32. The third-order valence-electron chi connectivity index (χ3n) is 6.74. The van der Waals surface area contributed by atoms with Crippen molar-refractivity contribution in [2.45, 2.75) is 84.2 Å². The molecule has 2 aromatic rings. The minimum Gasteiger partial charge on any atom is -0.487 e. The Labute approximate surface area is 191 Å². The van der Waals surface area contributed by atoms with Crippen molar-refractivity contribution in [1.82, 2.24) is 0 Å². The third kappa shape index (κ3) is 4.63. The van der Waals surface area contributed by atoms with Crippen molar-refractivity contribution >= 4 is 11.7 Å². The standard InChI is InChI=1S/C27H35NO4/c1-17-22(12-11-21-13-20(29)14-24(30)31-21)26-23(15-27(3,4)32-26)18(2)25(17)28(5)16-19-9-7-6-8-10-19/h6-10,20-21,29H,11-16H2,1-5H3/t20-,21-/m0/s1. The quantitative estimate of drug-likeness (QED) is 0.667. The zero-order chi connectivity index (χ0) is 23.0. The predicted molar refractivity (Wildman–Crippen MR) is 126 cm³/mol. The summed E-state index contributed by atoms with van der Waals surface area (Å²) in [5.74, 6) is 0.699. The Bertz CT molecular complexity index is 999. The van der Waals surface area contributed by atoms with Gasteiger partial charge in [-0.3, -0.25) is 4.79 Å². The van der Waals surface area contributed by atoms with Gasteiger partial charge in [-0.05, 0) is 62.8 Å². The highest BCUT2D eigenvalue weighted by atomic mass is 16.5. The maximum Gasteiger partial charge on any atom is 0.308 e. The molecular weight excluding hydrogens is 402 g/mol. The lowest BCUT2D eigenvalue weighted by Gasteiger charge is -2.29. The second kappa shape index (κ2) is 8.78. The third-order valence-corrected chi connectivity index (χ3v) is 6.74. The van der Waals surface area contributed by atoms with E-state index >= 15 is 0 Å². The van der Waals surface area contributed by atoms with Crippen LogP contribution in [0.5, 0.6) is 5.75 Å². The fraction of sp³-hybridized carbons (Fsp3) is 0.519. The fourth-order valence-electron chi connectivity index (χ4n) is 5.32. The van der Waals surface area contributed by atoms with Gasteiger partial charge in [0.1, 0.15) is 17.5 Å². The summed E-state index contributed by atoms with van der Waals surface area (Å²) in [6, 6.07) is 10.5. The highest BCUT2D eigenvalue weighted by Crippen LogP contribution is 2.46. The zero-order valence-electron chi connectivity index (χ0n) is 19.9. The molecule has 5 heteroatoms. The summed E-state index contributed by atoms with van der Waals surface area (Å²) in [5.41, 5.74) is 7.27. The number of hydrogen-bond donors (Lipinski definition) is 1. The average Bonchev–Trinajstić information content (AvgIpc) is 3.03. The van der Waals surface area contributed by atoms with Crippen molar-refractivity contribution < 1.29 is 19.4 Å². The number of esters is 1. The molecule has 0 aliphatic carbocycles. The number of ether oxygens (including phenoxy) is 2. The Hall–Kier alpha value is -2.53. The van der Waals surface area contributed by atoms with Crippen LogP contribution < -0.4 is 9.64 Å². The van der Waals surface area contributed by atoms with Gasteiger partial charge in [-0.25, -0.2) is 0 Å². The summed E-state index contributed by atoms with van der Waals surface area (Å²) >= 11 is 0. The van der Waals surface area contributed by atoms with Gasteiger partial charge < -0.3 is 19.5 Å². The minimum atomic E-state index is -0.603. The number of benzene rings is 2. The molecule has 2 aliphatic rings. The van der Waals surface area contributed by atoms with Gasteiger partial charge in [0.25, 0.3) is 0 Å². The molecule has 2 heterocycles. The van der Waals surface area contributed by atoms with Crippen molar-refractivity contribution in [2.24, 2.45) is 0 Å². The van der Waals surface area contributed by atoms with Gasteiger partial charge >= 0.3 is 5.97 Å². The Balaban J connectivity index is 1.67. The van der Waals surface area contributed by atoms with Gasteiger partial charge in [0.05, 0.1) is 12.5 Å². The topological polar surface area (TPSA) is 59.0 Å². The number of nitrogens with zero attached hydrogens (tertiary/aromatic N) is 1. The van der Waals surface area contributed by atoms with Crippen LogP contribution in [0.2, 0.25) is 0 Å². The van der Waals surface area contributed by atoms with Gasteiger partial charge in [0, 0.05) is 37.7 Å². The van der Waals surface area contributed by atoms with E-state index in [0.717, 1.165) is 25.1 Å². The summed E-state index contributed by atoms with van der Waals surface area (Å²) in [6.07, 6.45) is 2.07. The van der Waals surface area contributed by atoms with E-state index in [9.17, 15) is 9.90 Å². The molecule has 0 bridgehead atoms. The molecule has 2 aliphatic heterocycles. The molecule has 2 atom stereocenters. The summed E-state index contributed by atoms with van der Waals surface area (Å²) in [6.45, 7) is 9.49. The second-order valence-corrected chi connectivity index (χ2v) is 10.0. The second-order valence-electron chi connectivity index (χ2n) is 10.0. The molecule has 0 spiro atoms. The zero-order valence-corrected chi connectivity index (χ0v) is 19.9. The smallest absolute Gasteiger partial charge is 0.308 e. The first-order chi connectivity index (χ1) is 15.1. The number of cyclic esters (lactones) is 1. The lowest BCUT2D eigenvalue weighted by atomic mass is 9.89. The van der Waals surface area contributed by atoms with Crippen molar-refractivity contribution in [3.63, 3.8) is 0 Å². The molecule has 1 fully saturated rings. The SMILES string of the molecule is Cc1c(CC[C@H]2C[C@H](O)CC(=O)O2)c2c(c(C)c1N(C)Cc1ccccc1)CC(C)(C)O2. The number of anilines is 1. The van der Waals surface area contributed by atoms with E-state index in [2.05, 4.69) is 63.9 Å². The maximum absolute atomic E-state index is 11.8. The highest BCUT2D eigenvalue weighted by molar-refractivity contribution is 5.71. The van der Waals surface area contributed by atoms with E-state index in [1.807, 2.05) is 6.07 Å². The Morgan fingerprint density at radius 2 is 1.88 bits per heavy atom. The molecule has 1 saturated heterocycles. The van der Waals surface area contributed by atoms with Crippen molar-refractivity contribution in [2.75, 3.05) is 11.9 Å². The van der Waals surface area contributed by atoms with E-state index in [0.29, 0.717) is 12.8 Å². The van der Waals surface area contributed by atoms with E-state index in [1.165, 1.54) is 33.5 Å². The number of carbonyl (C=O) groups is 1. The molecule has 2 aromatic carbocycles. The van der Waals surface area contributed by atoms with Gasteiger partial charge in [-0.1, -0.05) is 30.3 Å². The van der Waals surface area contributed by atoms with Gasteiger partial charge in [-0.2, -0.15) is 0 Å². The number of fused-ring (bicyclic) bond motifs is 1. The van der Waals surface area contributed by atoms with E-state index < -0.39 is 6.10 Å². The van der Waals surface area contributed by atoms with Crippen molar-refractivity contribution in [3.05, 3.63) is 58.1 Å². The van der Waals surface area contributed by atoms with Gasteiger partial charge in [0.2, 0.25) is 0 Å². The molecule has 1 N–H and O–H groups in total. The summed E-state index contributed by atoms with van der Waals surface area (Å²) in [7, 11) is 2.15. The number of rotatable bonds is 6. The van der Waals surface area contributed by atoms with E-state index in [-0.39, 0.29) is 24.1 Å². The normalized spacial score (nSPS) is 21.6. The molecule has 0 aromatic heterocycles. The molecule has 0 unspecified atom stereocenters. The molecule has 0 radical (unpaired) electrons. The van der Waals surface area contributed by atoms with Crippen LogP contribution >= 0.6 is 0 Å². The van der Waals surface area contributed by atoms with Crippen LogP contribution in [0.4, 0.5) is 5.69 Å². The number of hydrogen-bond acceptors (Lipinski definition) is 5. The first-order valence-corrected chi connectivity index (χ1v) is 11.6. The van der Waals surface area contributed by atoms with Crippen LogP contribution in [-0.2, 0) is 28.9 Å². The van der Waals surface area contributed by atoms with Crippen LogP contribution in [0.15, 0.2) is 30.3 Å². The first kappa shape index (κ1) is 22.7. The Morgan fingerprint density at radius 1 is 1.16 bits per heavy atom. The van der Waals surface area contributed by atoms with Crippen LogP contribution in [0.3, 0.4) is 0 Å². The largest absolute Gasteiger partial charge is 0.487 e. The number of aliphatic hydroxyl groups is 1. The van der Waals surface area contributed by atoms with E-state index in [1.54, 1.807) is 0 Å². The highest BCUT2D eigenvalue weighted by Gasteiger charge is 2.36. The van der Waals surface area contributed by atoms with E-state index in [4.69, 9.17) is 9.47 Å². The summed E-state index contributed by atoms with van der Waals surface area (Å²) in [4.78, 5) is 14.1. The summed E-state index contributed by atoms with van der Waals surface area (Å²) < 4.78 is 12.0. The maximum atomic E-state index is 11.8. The van der Waals surface area contributed by atoms with Gasteiger partial charge in [0.15, 0.2) is 0 Å². The number of carbonyl (C=O) groups excluding carboxylic acids is 1. The van der Waals surface area contributed by atoms with Crippen LogP contribution in [0, 0.1) is 13.8 Å². The monoisotopic (exact) mass is 437 g/mol. The van der Waals surface area contributed by atoms with Crippen molar-refractivity contribution in [3.8, 4) is 5.75 Å².